The Morgan fingerprint density at radius 2 is 1.97 bits per heavy atom. The quantitative estimate of drug-likeness (QED) is 0.639. The first-order valence-corrected chi connectivity index (χ1v) is 10.7. The van der Waals surface area contributed by atoms with E-state index in [0.717, 1.165) is 10.4 Å². The third-order valence-corrected chi connectivity index (χ3v) is 6.42. The van der Waals surface area contributed by atoms with Crippen LogP contribution in [0.4, 0.5) is 0 Å². The van der Waals surface area contributed by atoms with Crippen molar-refractivity contribution in [3.63, 3.8) is 0 Å². The summed E-state index contributed by atoms with van der Waals surface area (Å²) in [5, 5.41) is 4.97. The van der Waals surface area contributed by atoms with Crippen LogP contribution in [0.3, 0.4) is 0 Å². The number of fused-ring (bicyclic) bond motifs is 1. The first-order valence-electron chi connectivity index (χ1n) is 9.78. The Labute approximate surface area is 184 Å². The van der Waals surface area contributed by atoms with E-state index in [9.17, 15) is 9.59 Å². The number of nitrogens with zero attached hydrogens (tertiary/aromatic N) is 2. The fraction of sp³-hybridized carbons (Fsp3) is 0.261. The molecular weight excluding hydrogens is 414 g/mol. The van der Waals surface area contributed by atoms with Gasteiger partial charge in [0.15, 0.2) is 11.5 Å². The molecule has 1 aliphatic heterocycles. The molecule has 0 spiro atoms. The Kier molecular flexibility index (Phi) is 5.90. The van der Waals surface area contributed by atoms with Crippen LogP contribution in [-0.4, -0.2) is 43.0 Å². The van der Waals surface area contributed by atoms with E-state index in [2.05, 4.69) is 10.3 Å². The van der Waals surface area contributed by atoms with E-state index in [1.807, 2.05) is 29.6 Å². The van der Waals surface area contributed by atoms with E-state index < -0.39 is 12.0 Å². The van der Waals surface area contributed by atoms with Gasteiger partial charge in [0.2, 0.25) is 5.91 Å². The number of aromatic nitrogens is 1. The van der Waals surface area contributed by atoms with E-state index in [1.54, 1.807) is 36.5 Å². The van der Waals surface area contributed by atoms with Gasteiger partial charge in [-0.25, -0.2) is 0 Å². The van der Waals surface area contributed by atoms with Gasteiger partial charge in [0, 0.05) is 36.4 Å². The summed E-state index contributed by atoms with van der Waals surface area (Å²) in [6.07, 6.45) is 3.41. The lowest BCUT2D eigenvalue weighted by atomic mass is 9.81. The van der Waals surface area contributed by atoms with Crippen molar-refractivity contribution in [2.75, 3.05) is 21.3 Å². The number of hydrogen-bond donors (Lipinski definition) is 1. The molecule has 31 heavy (non-hydrogen) atoms. The molecule has 2 atom stereocenters. The molecule has 0 saturated carbocycles. The highest BCUT2D eigenvalue weighted by atomic mass is 32.1. The molecule has 0 radical (unpaired) electrons. The molecule has 0 fully saturated rings. The molecule has 1 aromatic carbocycles. The van der Waals surface area contributed by atoms with Gasteiger partial charge in [0.25, 0.3) is 5.91 Å². The molecule has 8 heteroatoms. The Morgan fingerprint density at radius 3 is 2.61 bits per heavy atom. The summed E-state index contributed by atoms with van der Waals surface area (Å²) in [6.45, 7) is 0.348. The molecule has 2 amide bonds. The van der Waals surface area contributed by atoms with Crippen molar-refractivity contribution in [2.24, 2.45) is 0 Å². The lowest BCUT2D eigenvalue weighted by Crippen LogP contribution is -2.45. The van der Waals surface area contributed by atoms with Crippen LogP contribution in [0.15, 0.2) is 54.2 Å². The Bertz CT molecular complexity index is 1090. The van der Waals surface area contributed by atoms with Gasteiger partial charge in [-0.1, -0.05) is 12.1 Å². The van der Waals surface area contributed by atoms with Gasteiger partial charge in [-0.15, -0.1) is 11.3 Å². The number of amides is 2. The zero-order valence-corrected chi connectivity index (χ0v) is 18.3. The topological polar surface area (TPSA) is 80.8 Å². The van der Waals surface area contributed by atoms with E-state index in [1.165, 1.54) is 25.6 Å². The first kappa shape index (κ1) is 20.9. The molecule has 0 saturated heterocycles. The zero-order valence-electron chi connectivity index (χ0n) is 17.5. The van der Waals surface area contributed by atoms with Crippen LogP contribution >= 0.6 is 11.3 Å². The largest absolute Gasteiger partial charge is 0.493 e. The number of ether oxygens (including phenoxy) is 2. The number of benzene rings is 1. The van der Waals surface area contributed by atoms with Crippen LogP contribution in [-0.2, 0) is 11.3 Å². The lowest BCUT2D eigenvalue weighted by molar-refractivity contribution is -0.124. The molecule has 0 aliphatic carbocycles. The lowest BCUT2D eigenvalue weighted by Gasteiger charge is -2.39. The second-order valence-corrected chi connectivity index (χ2v) is 8.21. The first-order chi connectivity index (χ1) is 15.0. The van der Waals surface area contributed by atoms with Crippen molar-refractivity contribution in [2.45, 2.75) is 18.5 Å². The standard InChI is InChI=1S/C23H23N3O4S/c1-26-21(19-7-5-9-31-19)20(22(27)25-13-14-6-4-8-24-12-14)15-10-17(29-2)18(30-3)11-16(15)23(26)28/h4-12,20-21H,13H2,1-3H3,(H,25,27)/t20-,21+/m1/s1. The van der Waals surface area contributed by atoms with Crippen molar-refractivity contribution < 1.29 is 19.1 Å². The van der Waals surface area contributed by atoms with Crippen molar-refractivity contribution >= 4 is 23.2 Å². The number of carbonyl (C=O) groups excluding carboxylic acids is 2. The fourth-order valence-corrected chi connectivity index (χ4v) is 4.85. The zero-order chi connectivity index (χ0) is 22.0. The number of rotatable bonds is 6. The summed E-state index contributed by atoms with van der Waals surface area (Å²) >= 11 is 1.52. The number of pyridine rings is 1. The molecule has 3 heterocycles. The van der Waals surface area contributed by atoms with Gasteiger partial charge in [-0.2, -0.15) is 0 Å². The maximum absolute atomic E-state index is 13.5. The van der Waals surface area contributed by atoms with E-state index in [0.29, 0.717) is 29.2 Å². The minimum atomic E-state index is -0.604. The molecule has 0 bridgehead atoms. The highest BCUT2D eigenvalue weighted by Gasteiger charge is 2.44. The number of thiophene rings is 1. The molecule has 4 rings (SSSR count). The normalized spacial score (nSPS) is 17.8. The molecule has 1 aliphatic rings. The van der Waals surface area contributed by atoms with Crippen LogP contribution in [0, 0.1) is 0 Å². The molecule has 3 aromatic rings. The predicted molar refractivity (Wildman–Crippen MR) is 118 cm³/mol. The second-order valence-electron chi connectivity index (χ2n) is 7.23. The number of hydrogen-bond acceptors (Lipinski definition) is 6. The van der Waals surface area contributed by atoms with Crippen molar-refractivity contribution in [1.82, 2.24) is 15.2 Å². The Hall–Kier alpha value is -3.39. The van der Waals surface area contributed by atoms with Gasteiger partial charge in [0.1, 0.15) is 0 Å². The molecule has 160 valence electrons. The summed E-state index contributed by atoms with van der Waals surface area (Å²) < 4.78 is 10.8. The predicted octanol–water partition coefficient (Wildman–Crippen LogP) is 3.39. The third-order valence-electron chi connectivity index (χ3n) is 5.48. The van der Waals surface area contributed by atoms with Gasteiger partial charge < -0.3 is 19.7 Å². The third kappa shape index (κ3) is 3.86. The molecule has 2 aromatic heterocycles. The number of likely N-dealkylation sites (N-methyl/N-ethyl adjacent to an activating group) is 1. The van der Waals surface area contributed by atoms with Gasteiger partial charge in [0.05, 0.1) is 26.2 Å². The van der Waals surface area contributed by atoms with Crippen molar-refractivity contribution in [3.8, 4) is 11.5 Å². The smallest absolute Gasteiger partial charge is 0.254 e. The molecule has 7 nitrogen and oxygen atoms in total. The van der Waals surface area contributed by atoms with Crippen molar-refractivity contribution in [1.29, 1.82) is 0 Å². The van der Waals surface area contributed by atoms with E-state index in [4.69, 9.17) is 9.47 Å². The monoisotopic (exact) mass is 437 g/mol. The van der Waals surface area contributed by atoms with Crippen LogP contribution < -0.4 is 14.8 Å². The van der Waals surface area contributed by atoms with Crippen LogP contribution in [0.5, 0.6) is 11.5 Å². The van der Waals surface area contributed by atoms with Gasteiger partial charge >= 0.3 is 0 Å². The van der Waals surface area contributed by atoms with Gasteiger partial charge in [-0.3, -0.25) is 14.6 Å². The second kappa shape index (κ2) is 8.77. The summed E-state index contributed by atoms with van der Waals surface area (Å²) in [5.74, 6) is -0.00533. The van der Waals surface area contributed by atoms with Crippen LogP contribution in [0.1, 0.15) is 38.3 Å². The van der Waals surface area contributed by atoms with Crippen molar-refractivity contribution in [3.05, 3.63) is 75.7 Å². The number of carbonyl (C=O) groups is 2. The number of methoxy groups -OCH3 is 2. The Morgan fingerprint density at radius 1 is 1.19 bits per heavy atom. The summed E-state index contributed by atoms with van der Waals surface area (Å²) in [6, 6.07) is 10.6. The average Bonchev–Trinajstić information content (AvgIpc) is 3.34. The SMILES string of the molecule is COc1cc2c(cc1OC)[C@@H](C(=O)NCc1cccnc1)[C@H](c1cccs1)N(C)C2=O. The Balaban J connectivity index is 1.79. The molecular formula is C23H23N3O4S. The van der Waals surface area contributed by atoms with Crippen LogP contribution in [0.25, 0.3) is 0 Å². The average molecular weight is 438 g/mol. The number of nitrogens with one attached hydrogen (secondary N) is 1. The fourth-order valence-electron chi connectivity index (χ4n) is 3.95. The van der Waals surface area contributed by atoms with E-state index in [-0.39, 0.29) is 11.8 Å². The summed E-state index contributed by atoms with van der Waals surface area (Å²) in [4.78, 5) is 33.4. The van der Waals surface area contributed by atoms with E-state index >= 15 is 0 Å². The molecule has 0 unspecified atom stereocenters. The summed E-state index contributed by atoms with van der Waals surface area (Å²) in [5.41, 5.74) is 1.97. The van der Waals surface area contributed by atoms with Gasteiger partial charge in [-0.05, 0) is 40.8 Å². The summed E-state index contributed by atoms with van der Waals surface area (Å²) in [7, 11) is 4.79. The van der Waals surface area contributed by atoms with Crippen LogP contribution in [0.2, 0.25) is 0 Å². The maximum Gasteiger partial charge on any atom is 0.254 e. The molecule has 1 N–H and O–H groups in total. The maximum atomic E-state index is 13.5. The highest BCUT2D eigenvalue weighted by molar-refractivity contribution is 7.10. The minimum absolute atomic E-state index is 0.161. The highest BCUT2D eigenvalue weighted by Crippen LogP contribution is 2.46. The minimum Gasteiger partial charge on any atom is -0.493 e.